The summed E-state index contributed by atoms with van der Waals surface area (Å²) in [4.78, 5) is 22.9. The SMILES string of the molecule is CCC(C)[C@H](NC(=O)/C=C/c1cccc(Cl)c1Cl)C(=O)O. The zero-order valence-electron chi connectivity index (χ0n) is 11.8. The van der Waals surface area contributed by atoms with Gasteiger partial charge in [0.15, 0.2) is 0 Å². The second kappa shape index (κ2) is 8.05. The molecule has 0 spiro atoms. The van der Waals surface area contributed by atoms with Gasteiger partial charge in [-0.3, -0.25) is 4.79 Å². The number of carboxylic acids is 1. The van der Waals surface area contributed by atoms with Crippen LogP contribution in [0.4, 0.5) is 0 Å². The van der Waals surface area contributed by atoms with Crippen LogP contribution in [-0.4, -0.2) is 23.0 Å². The third kappa shape index (κ3) is 5.06. The highest BCUT2D eigenvalue weighted by atomic mass is 35.5. The number of nitrogens with one attached hydrogen (secondary N) is 1. The molecule has 0 heterocycles. The largest absolute Gasteiger partial charge is 0.480 e. The molecule has 1 aromatic carbocycles. The van der Waals surface area contributed by atoms with Gasteiger partial charge in [0.05, 0.1) is 10.0 Å². The molecule has 0 aromatic heterocycles. The average molecular weight is 330 g/mol. The van der Waals surface area contributed by atoms with Gasteiger partial charge in [0, 0.05) is 6.08 Å². The Morgan fingerprint density at radius 1 is 1.38 bits per heavy atom. The fraction of sp³-hybridized carbons (Fsp3) is 0.333. The lowest BCUT2D eigenvalue weighted by Gasteiger charge is -2.19. The van der Waals surface area contributed by atoms with Gasteiger partial charge in [-0.2, -0.15) is 0 Å². The third-order valence-corrected chi connectivity index (χ3v) is 4.01. The maximum atomic E-state index is 11.8. The first-order chi connectivity index (χ1) is 9.86. The molecule has 0 saturated heterocycles. The summed E-state index contributed by atoms with van der Waals surface area (Å²) in [6.07, 6.45) is 3.40. The van der Waals surface area contributed by atoms with Gasteiger partial charge < -0.3 is 10.4 Å². The monoisotopic (exact) mass is 329 g/mol. The molecule has 0 bridgehead atoms. The van der Waals surface area contributed by atoms with Crippen LogP contribution in [-0.2, 0) is 9.59 Å². The van der Waals surface area contributed by atoms with Crippen LogP contribution in [0.1, 0.15) is 25.8 Å². The Morgan fingerprint density at radius 2 is 2.05 bits per heavy atom. The van der Waals surface area contributed by atoms with Crippen molar-refractivity contribution in [3.63, 3.8) is 0 Å². The van der Waals surface area contributed by atoms with Crippen LogP contribution in [0.3, 0.4) is 0 Å². The molecule has 1 aromatic rings. The Balaban J connectivity index is 2.78. The lowest BCUT2D eigenvalue weighted by atomic mass is 9.99. The van der Waals surface area contributed by atoms with Gasteiger partial charge in [-0.1, -0.05) is 55.6 Å². The number of amides is 1. The summed E-state index contributed by atoms with van der Waals surface area (Å²) in [7, 11) is 0. The van der Waals surface area contributed by atoms with Gasteiger partial charge in [0.2, 0.25) is 5.91 Å². The minimum atomic E-state index is -1.05. The first-order valence-electron chi connectivity index (χ1n) is 6.52. The molecule has 2 N–H and O–H groups in total. The number of carboxylic acid groups (broad SMARTS) is 1. The first kappa shape index (κ1) is 17.5. The van der Waals surface area contributed by atoms with Gasteiger partial charge in [-0.15, -0.1) is 0 Å². The molecular formula is C15H17Cl2NO3. The van der Waals surface area contributed by atoms with E-state index in [2.05, 4.69) is 5.32 Å². The van der Waals surface area contributed by atoms with Crippen LogP contribution in [0.5, 0.6) is 0 Å². The lowest BCUT2D eigenvalue weighted by molar-refractivity contribution is -0.142. The van der Waals surface area contributed by atoms with Crippen LogP contribution < -0.4 is 5.32 Å². The molecule has 0 aliphatic rings. The van der Waals surface area contributed by atoms with Gasteiger partial charge in [-0.25, -0.2) is 4.79 Å². The number of hydrogen-bond donors (Lipinski definition) is 2. The molecule has 1 rings (SSSR count). The highest BCUT2D eigenvalue weighted by Crippen LogP contribution is 2.26. The predicted molar refractivity (Wildman–Crippen MR) is 84.5 cm³/mol. The second-order valence-electron chi connectivity index (χ2n) is 4.69. The van der Waals surface area contributed by atoms with Crippen molar-refractivity contribution in [2.45, 2.75) is 26.3 Å². The summed E-state index contributed by atoms with van der Waals surface area (Å²) in [6.45, 7) is 3.64. The van der Waals surface area contributed by atoms with E-state index in [-0.39, 0.29) is 5.92 Å². The molecule has 0 fully saturated rings. The highest BCUT2D eigenvalue weighted by Gasteiger charge is 2.24. The van der Waals surface area contributed by atoms with Gasteiger partial charge >= 0.3 is 5.97 Å². The summed E-state index contributed by atoms with van der Waals surface area (Å²) in [5.41, 5.74) is 0.592. The molecule has 0 aliphatic carbocycles. The smallest absolute Gasteiger partial charge is 0.326 e. The number of hydrogen-bond acceptors (Lipinski definition) is 2. The van der Waals surface area contributed by atoms with Gasteiger partial charge in [0.25, 0.3) is 0 Å². The van der Waals surface area contributed by atoms with E-state index in [0.29, 0.717) is 22.0 Å². The van der Waals surface area contributed by atoms with Crippen molar-refractivity contribution >= 4 is 41.2 Å². The van der Waals surface area contributed by atoms with E-state index < -0.39 is 17.9 Å². The number of carbonyl (C=O) groups is 2. The van der Waals surface area contributed by atoms with Crippen molar-refractivity contribution in [1.82, 2.24) is 5.32 Å². The Hall–Kier alpha value is -1.52. The standard InChI is InChI=1S/C15H17Cl2NO3/c1-3-9(2)14(15(20)21)18-12(19)8-7-10-5-4-6-11(16)13(10)17/h4-9,14H,3H2,1-2H3,(H,18,19)(H,20,21)/b8-7+/t9?,14-/m0/s1. The molecule has 21 heavy (non-hydrogen) atoms. The van der Waals surface area contributed by atoms with E-state index in [1.807, 2.05) is 6.92 Å². The summed E-state index contributed by atoms with van der Waals surface area (Å²) in [6, 6.07) is 4.15. The second-order valence-corrected chi connectivity index (χ2v) is 5.47. The molecular weight excluding hydrogens is 313 g/mol. The van der Waals surface area contributed by atoms with E-state index in [0.717, 1.165) is 0 Å². The average Bonchev–Trinajstić information content (AvgIpc) is 2.45. The lowest BCUT2D eigenvalue weighted by Crippen LogP contribution is -2.44. The van der Waals surface area contributed by atoms with Crippen LogP contribution in [0.15, 0.2) is 24.3 Å². The fourth-order valence-corrected chi connectivity index (χ4v) is 2.07. The summed E-state index contributed by atoms with van der Waals surface area (Å²) < 4.78 is 0. The van der Waals surface area contributed by atoms with Crippen molar-refractivity contribution < 1.29 is 14.7 Å². The van der Waals surface area contributed by atoms with E-state index in [4.69, 9.17) is 28.3 Å². The first-order valence-corrected chi connectivity index (χ1v) is 7.27. The summed E-state index contributed by atoms with van der Waals surface area (Å²) in [5, 5.41) is 12.3. The highest BCUT2D eigenvalue weighted by molar-refractivity contribution is 6.42. The third-order valence-electron chi connectivity index (χ3n) is 3.17. The van der Waals surface area contributed by atoms with E-state index >= 15 is 0 Å². The van der Waals surface area contributed by atoms with Crippen molar-refractivity contribution in [3.05, 3.63) is 39.9 Å². The molecule has 4 nitrogen and oxygen atoms in total. The molecule has 6 heteroatoms. The maximum Gasteiger partial charge on any atom is 0.326 e. The fourth-order valence-electron chi connectivity index (χ4n) is 1.70. The summed E-state index contributed by atoms with van der Waals surface area (Å²) >= 11 is 11.9. The van der Waals surface area contributed by atoms with Gasteiger partial charge in [0.1, 0.15) is 6.04 Å². The molecule has 1 amide bonds. The van der Waals surface area contributed by atoms with Crippen molar-refractivity contribution in [2.24, 2.45) is 5.92 Å². The van der Waals surface area contributed by atoms with E-state index in [1.165, 1.54) is 12.2 Å². The van der Waals surface area contributed by atoms with Crippen molar-refractivity contribution in [2.75, 3.05) is 0 Å². The number of benzene rings is 1. The number of rotatable bonds is 6. The van der Waals surface area contributed by atoms with Gasteiger partial charge in [-0.05, 0) is 23.6 Å². The Morgan fingerprint density at radius 3 is 2.62 bits per heavy atom. The molecule has 1 unspecified atom stereocenters. The number of aliphatic carboxylic acids is 1. The quantitative estimate of drug-likeness (QED) is 0.783. The molecule has 2 atom stereocenters. The molecule has 0 radical (unpaired) electrons. The van der Waals surface area contributed by atoms with Crippen molar-refractivity contribution in [3.8, 4) is 0 Å². The number of carbonyl (C=O) groups excluding carboxylic acids is 1. The predicted octanol–water partition coefficient (Wildman–Crippen LogP) is 3.62. The van der Waals surface area contributed by atoms with Crippen molar-refractivity contribution in [1.29, 1.82) is 0 Å². The van der Waals surface area contributed by atoms with Crippen LogP contribution in [0.25, 0.3) is 6.08 Å². The topological polar surface area (TPSA) is 66.4 Å². The normalized spacial score (nSPS) is 13.9. The van der Waals surface area contributed by atoms with E-state index in [9.17, 15) is 9.59 Å². The van der Waals surface area contributed by atoms with Crippen LogP contribution in [0, 0.1) is 5.92 Å². The zero-order valence-corrected chi connectivity index (χ0v) is 13.3. The Kier molecular flexibility index (Phi) is 6.72. The Labute approximate surface area is 133 Å². The maximum absolute atomic E-state index is 11.8. The summed E-state index contributed by atoms with van der Waals surface area (Å²) in [5.74, 6) is -1.69. The minimum absolute atomic E-state index is 0.158. The molecule has 0 saturated carbocycles. The zero-order chi connectivity index (χ0) is 16.0. The minimum Gasteiger partial charge on any atom is -0.480 e. The molecule has 114 valence electrons. The number of halogens is 2. The van der Waals surface area contributed by atoms with Crippen LogP contribution >= 0.6 is 23.2 Å². The van der Waals surface area contributed by atoms with E-state index in [1.54, 1.807) is 25.1 Å². The molecule has 0 aliphatic heterocycles. The Bertz CT molecular complexity index is 558. The van der Waals surface area contributed by atoms with Crippen LogP contribution in [0.2, 0.25) is 10.0 Å².